The van der Waals surface area contributed by atoms with Crippen LogP contribution in [0.15, 0.2) is 0 Å². The monoisotopic (exact) mass is 592 g/mol. The van der Waals surface area contributed by atoms with Gasteiger partial charge in [-0.15, -0.1) is 0 Å². The normalized spacial score (nSPS) is 15.8. The maximum atomic E-state index is 7.75. The summed E-state index contributed by atoms with van der Waals surface area (Å²) in [5, 5.41) is 12.0. The predicted molar refractivity (Wildman–Crippen MR) is 131 cm³/mol. The topological polar surface area (TPSA) is 180 Å². The fourth-order valence-corrected chi connectivity index (χ4v) is 2.88. The van der Waals surface area contributed by atoms with Crippen molar-refractivity contribution in [2.24, 2.45) is 0 Å². The zero-order valence-electron chi connectivity index (χ0n) is 21.5. The summed E-state index contributed by atoms with van der Waals surface area (Å²) >= 11 is 0. The van der Waals surface area contributed by atoms with Gasteiger partial charge in [0.2, 0.25) is 0 Å². The SMILES string of the molecule is C1CCOC1.C[C-]1CCCC1.C[C-]1CCCC1.N#N.[CH-]1CCCO1.[CH-]=O.[CH-]=O.[CH-]=O.[CH-]=O.[Mn].[Mn].[N-]=N. The van der Waals surface area contributed by atoms with E-state index in [4.69, 9.17) is 50.5 Å². The standard InChI is InChI=1S/2C6H11.C4H8O.C4H7O.4CHO.2Mn.HN2.N2/c2*1-6-4-2-3-5-6;2*1-2-4-5-3-1;4*1-2;;;2*1-2/h2*2-5H2,1H3;1-4H2;3H,1-2,4H2;4*1H;;;1H;/q2*-1;;5*-1;;;-1;. The van der Waals surface area contributed by atoms with Gasteiger partial charge in [-0.05, 0) is 12.8 Å². The van der Waals surface area contributed by atoms with Crippen LogP contribution in [-0.2, 0) is 62.8 Å². The Morgan fingerprint density at radius 1 is 0.639 bits per heavy atom. The second-order valence-electron chi connectivity index (χ2n) is 6.83. The average molecular weight is 592 g/mol. The molecule has 2 aliphatic carbocycles. The first kappa shape index (κ1) is 55.2. The van der Waals surface area contributed by atoms with Gasteiger partial charge in [0.25, 0.3) is 0 Å². The van der Waals surface area contributed by atoms with Gasteiger partial charge in [-0.25, -0.2) is 6.61 Å². The Hall–Kier alpha value is -1.34. The molecule has 0 aromatic rings. The van der Waals surface area contributed by atoms with E-state index in [-0.39, 0.29) is 34.1 Å². The van der Waals surface area contributed by atoms with Crippen LogP contribution in [0.2, 0.25) is 0 Å². The Bertz CT molecular complexity index is 295. The van der Waals surface area contributed by atoms with Crippen molar-refractivity contribution in [1.29, 1.82) is 16.3 Å². The quantitative estimate of drug-likeness (QED) is 0.124. The van der Waals surface area contributed by atoms with Crippen molar-refractivity contribution in [1.82, 2.24) is 0 Å². The van der Waals surface area contributed by atoms with E-state index in [9.17, 15) is 0 Å². The fraction of sp³-hybridized carbons (Fsp3) is 0.708. The summed E-state index contributed by atoms with van der Waals surface area (Å²) in [5.41, 5.74) is 11.0. The van der Waals surface area contributed by atoms with E-state index < -0.39 is 0 Å². The molecule has 4 rings (SSSR count). The smallest absolute Gasteiger partial charge is 0.0466 e. The van der Waals surface area contributed by atoms with Crippen LogP contribution in [0.5, 0.6) is 0 Å². The van der Waals surface area contributed by atoms with Gasteiger partial charge in [-0.1, -0.05) is 32.1 Å². The first-order valence-electron chi connectivity index (χ1n) is 10.8. The van der Waals surface area contributed by atoms with E-state index in [1.54, 1.807) is 11.8 Å². The van der Waals surface area contributed by atoms with E-state index in [1.165, 1.54) is 70.6 Å². The molecule has 0 unspecified atom stereocenters. The third kappa shape index (κ3) is 63.8. The molecule has 4 fully saturated rings. The Kier molecular flexibility index (Phi) is 107. The summed E-state index contributed by atoms with van der Waals surface area (Å²) in [4.78, 5) is 31.0. The molecule has 2 aliphatic heterocycles. The second-order valence-corrected chi connectivity index (χ2v) is 6.83. The molecular formula is C24H42Mn2N4O6-8. The zero-order valence-corrected chi connectivity index (χ0v) is 23.9. The summed E-state index contributed by atoms with van der Waals surface area (Å²) in [6, 6.07) is 0. The van der Waals surface area contributed by atoms with Crippen molar-refractivity contribution in [3.8, 4) is 0 Å². The molecular weight excluding hydrogens is 550 g/mol. The van der Waals surface area contributed by atoms with Gasteiger partial charge in [-0.2, -0.15) is 46.0 Å². The van der Waals surface area contributed by atoms with E-state index >= 15 is 0 Å². The molecule has 216 valence electrons. The maximum absolute atomic E-state index is 7.75. The summed E-state index contributed by atoms with van der Waals surface area (Å²) in [6.07, 6.45) is 16.3. The van der Waals surface area contributed by atoms with Crippen molar-refractivity contribution in [2.75, 3.05) is 19.8 Å². The Labute approximate surface area is 240 Å². The summed E-state index contributed by atoms with van der Waals surface area (Å²) in [5.74, 6) is 3.41. The number of ether oxygens (including phenoxy) is 2. The molecule has 4 aliphatic rings. The molecule has 10 nitrogen and oxygen atoms in total. The van der Waals surface area contributed by atoms with E-state index in [0.717, 1.165) is 26.2 Å². The van der Waals surface area contributed by atoms with Crippen molar-refractivity contribution in [3.63, 3.8) is 0 Å². The average Bonchev–Trinajstić information content (AvgIpc) is 3.77. The van der Waals surface area contributed by atoms with E-state index in [2.05, 4.69) is 41.0 Å². The molecule has 0 aromatic heterocycles. The Morgan fingerprint density at radius 3 is 1.03 bits per heavy atom. The summed E-state index contributed by atoms with van der Waals surface area (Å²) in [7, 11) is 0. The molecule has 2 heterocycles. The van der Waals surface area contributed by atoms with Gasteiger partial charge in [0.05, 0.1) is 0 Å². The Morgan fingerprint density at radius 2 is 0.944 bits per heavy atom. The number of nitrogens with zero attached hydrogens (tertiary/aromatic N) is 3. The van der Waals surface area contributed by atoms with Gasteiger partial charge in [0, 0.05) is 64.7 Å². The number of carbonyl (C=O) groups excluding carboxylic acids is 4. The molecule has 12 heteroatoms. The number of rotatable bonds is 0. The first-order valence-corrected chi connectivity index (χ1v) is 10.8. The van der Waals surface area contributed by atoms with Crippen molar-refractivity contribution < 1.29 is 62.8 Å². The molecule has 0 amide bonds. The van der Waals surface area contributed by atoms with Gasteiger partial charge in [0.1, 0.15) is 0 Å². The third-order valence-electron chi connectivity index (χ3n) is 4.44. The number of nitrogens with one attached hydrogen (secondary N) is 1. The minimum atomic E-state index is 0. The zero-order chi connectivity index (χ0) is 27.9. The summed E-state index contributed by atoms with van der Waals surface area (Å²) in [6.45, 7) is 22.3. The van der Waals surface area contributed by atoms with Crippen molar-refractivity contribution in [2.45, 2.75) is 90.9 Å². The largest absolute Gasteiger partial charge is 0.715 e. The first-order chi connectivity index (χ1) is 16.8. The van der Waals surface area contributed by atoms with Gasteiger partial charge in [0.15, 0.2) is 0 Å². The molecule has 2 saturated carbocycles. The molecule has 0 aromatic carbocycles. The Balaban J connectivity index is -0.0000000420. The van der Waals surface area contributed by atoms with Crippen LogP contribution in [0.1, 0.15) is 90.9 Å². The molecule has 1 N–H and O–H groups in total. The number of hydrogen-bond donors (Lipinski definition) is 1. The van der Waals surface area contributed by atoms with Crippen LogP contribution >= 0.6 is 0 Å². The molecule has 0 atom stereocenters. The molecule has 0 bridgehead atoms. The van der Waals surface area contributed by atoms with Crippen LogP contribution in [0, 0.1) is 34.8 Å². The predicted octanol–water partition coefficient (Wildman–Crippen LogP) is 5.58. The molecule has 36 heavy (non-hydrogen) atoms. The molecule has 2 saturated heterocycles. The van der Waals surface area contributed by atoms with E-state index in [1.807, 2.05) is 6.61 Å². The van der Waals surface area contributed by atoms with Crippen LogP contribution in [0.25, 0.3) is 5.53 Å². The fourth-order valence-electron chi connectivity index (χ4n) is 2.88. The van der Waals surface area contributed by atoms with Gasteiger partial charge in [-0.3, -0.25) is 27.2 Å². The minimum Gasteiger partial charge on any atom is -0.715 e. The van der Waals surface area contributed by atoms with Crippen molar-refractivity contribution in [3.05, 3.63) is 24.0 Å². The van der Waals surface area contributed by atoms with E-state index in [0.29, 0.717) is 0 Å². The molecule has 0 spiro atoms. The van der Waals surface area contributed by atoms with Gasteiger partial charge >= 0.3 is 0 Å². The van der Waals surface area contributed by atoms with Crippen LogP contribution in [0.4, 0.5) is 0 Å². The van der Waals surface area contributed by atoms with Crippen molar-refractivity contribution >= 4 is 27.2 Å². The van der Waals surface area contributed by atoms with Gasteiger partial charge < -0.3 is 51.5 Å². The third-order valence-corrected chi connectivity index (χ3v) is 4.44. The van der Waals surface area contributed by atoms with Crippen LogP contribution in [0.3, 0.4) is 0 Å². The van der Waals surface area contributed by atoms with Crippen LogP contribution < -0.4 is 0 Å². The molecule has 2 radical (unpaired) electrons. The summed E-state index contributed by atoms with van der Waals surface area (Å²) < 4.78 is 9.76. The maximum Gasteiger partial charge on any atom is 0.0466 e. The second kappa shape index (κ2) is 69.9. The minimum absolute atomic E-state index is 0. The number of hydrogen-bond acceptors (Lipinski definition) is 9. The van der Waals surface area contributed by atoms with Crippen LogP contribution in [-0.4, -0.2) is 47.0 Å².